The number of amidine groups is 1. The van der Waals surface area contributed by atoms with Crippen molar-refractivity contribution in [3.05, 3.63) is 76.8 Å². The smallest absolute Gasteiger partial charge is 0.264 e. The number of benzene rings is 2. The van der Waals surface area contributed by atoms with E-state index >= 15 is 0 Å². The number of pyridine rings is 1. The van der Waals surface area contributed by atoms with E-state index < -0.39 is 0 Å². The van der Waals surface area contributed by atoms with Gasteiger partial charge in [-0.05, 0) is 66.2 Å². The molecule has 0 aliphatic carbocycles. The number of nitrogens with one attached hydrogen (secondary N) is 1. The summed E-state index contributed by atoms with van der Waals surface area (Å²) in [5, 5.41) is 4.50. The fourth-order valence-corrected chi connectivity index (χ4v) is 3.88. The van der Waals surface area contributed by atoms with E-state index in [0.29, 0.717) is 10.1 Å². The van der Waals surface area contributed by atoms with Gasteiger partial charge in [-0.15, -0.1) is 0 Å². The summed E-state index contributed by atoms with van der Waals surface area (Å²) in [4.78, 5) is 22.0. The van der Waals surface area contributed by atoms with Crippen molar-refractivity contribution in [1.82, 2.24) is 10.3 Å². The summed E-state index contributed by atoms with van der Waals surface area (Å²) in [5.74, 6) is 0.659. The molecule has 3 aromatic rings. The van der Waals surface area contributed by atoms with Gasteiger partial charge in [-0.1, -0.05) is 24.3 Å². The van der Waals surface area contributed by atoms with Crippen LogP contribution in [-0.4, -0.2) is 23.2 Å². The number of fused-ring (bicyclic) bond motifs is 1. The van der Waals surface area contributed by atoms with Crippen molar-refractivity contribution in [3.63, 3.8) is 0 Å². The molecule has 140 valence electrons. The minimum atomic E-state index is -0.132. The average Bonchev–Trinajstić information content (AvgIpc) is 3.06. The molecule has 1 aliphatic rings. The van der Waals surface area contributed by atoms with E-state index in [2.05, 4.69) is 15.3 Å². The Kier molecular flexibility index (Phi) is 5.12. The number of aliphatic imine (C=N–C) groups is 1. The van der Waals surface area contributed by atoms with Gasteiger partial charge in [-0.3, -0.25) is 14.8 Å². The lowest BCUT2D eigenvalue weighted by Gasteiger charge is -2.09. The number of ether oxygens (including phenoxy) is 1. The van der Waals surface area contributed by atoms with E-state index in [0.717, 1.165) is 27.8 Å². The number of thioether (sulfide) groups is 1. The quantitative estimate of drug-likeness (QED) is 0.664. The molecule has 2 aromatic carbocycles. The maximum Gasteiger partial charge on any atom is 0.264 e. The van der Waals surface area contributed by atoms with Crippen LogP contribution in [-0.2, 0) is 4.79 Å². The second-order valence-electron chi connectivity index (χ2n) is 6.41. The Labute approximate surface area is 167 Å². The summed E-state index contributed by atoms with van der Waals surface area (Å²) in [6, 6.07) is 17.6. The number of hydrogen-bond donors (Lipinski definition) is 1. The maximum atomic E-state index is 12.4. The van der Waals surface area contributed by atoms with Gasteiger partial charge < -0.3 is 10.1 Å². The lowest BCUT2D eigenvalue weighted by atomic mass is 10.1. The fraction of sp³-hybridized carbons (Fsp3) is 0.136. The minimum Gasteiger partial charge on any atom is -0.497 e. The minimum absolute atomic E-state index is 0.0935. The first-order valence-corrected chi connectivity index (χ1v) is 9.71. The fourth-order valence-electron chi connectivity index (χ4n) is 2.98. The zero-order valence-corrected chi connectivity index (χ0v) is 16.4. The van der Waals surface area contributed by atoms with Crippen LogP contribution in [0.15, 0.2) is 70.7 Å². The van der Waals surface area contributed by atoms with Crippen LogP contribution in [0, 0.1) is 0 Å². The summed E-state index contributed by atoms with van der Waals surface area (Å²) in [5.41, 5.74) is 2.92. The van der Waals surface area contributed by atoms with Crippen molar-refractivity contribution >= 4 is 39.8 Å². The number of rotatable bonds is 4. The monoisotopic (exact) mass is 389 g/mol. The number of methoxy groups -OCH3 is 1. The third-order valence-electron chi connectivity index (χ3n) is 4.46. The SMILES string of the molecule is COc1cccc(C(C)N=C2NC(=O)C(=Cc3ccc4ncccc4c3)S2)c1. The van der Waals surface area contributed by atoms with Crippen LogP contribution in [0.1, 0.15) is 24.1 Å². The first kappa shape index (κ1) is 18.3. The van der Waals surface area contributed by atoms with Gasteiger partial charge in [0.25, 0.3) is 5.91 Å². The van der Waals surface area contributed by atoms with Crippen LogP contribution < -0.4 is 10.1 Å². The largest absolute Gasteiger partial charge is 0.497 e. The molecule has 1 N–H and O–H groups in total. The predicted octanol–water partition coefficient (Wildman–Crippen LogP) is 4.56. The van der Waals surface area contributed by atoms with Crippen molar-refractivity contribution in [2.75, 3.05) is 7.11 Å². The molecular weight excluding hydrogens is 370 g/mol. The van der Waals surface area contributed by atoms with Crippen LogP contribution in [0.5, 0.6) is 5.75 Å². The first-order chi connectivity index (χ1) is 13.6. The third-order valence-corrected chi connectivity index (χ3v) is 5.39. The summed E-state index contributed by atoms with van der Waals surface area (Å²) in [6.45, 7) is 1.99. The van der Waals surface area contributed by atoms with Gasteiger partial charge in [-0.2, -0.15) is 0 Å². The zero-order chi connectivity index (χ0) is 19.5. The molecule has 1 atom stereocenters. The summed E-state index contributed by atoms with van der Waals surface area (Å²) in [7, 11) is 1.64. The third kappa shape index (κ3) is 3.92. The average molecular weight is 389 g/mol. The predicted molar refractivity (Wildman–Crippen MR) is 114 cm³/mol. The van der Waals surface area contributed by atoms with Crippen LogP contribution in [0.4, 0.5) is 0 Å². The molecule has 2 heterocycles. The molecule has 0 spiro atoms. The first-order valence-electron chi connectivity index (χ1n) is 8.90. The highest BCUT2D eigenvalue weighted by Crippen LogP contribution is 2.29. The molecule has 1 aromatic heterocycles. The Morgan fingerprint density at radius 1 is 1.18 bits per heavy atom. The van der Waals surface area contributed by atoms with Gasteiger partial charge in [0.1, 0.15) is 5.75 Å². The molecular formula is C22H19N3O2S. The molecule has 1 saturated heterocycles. The standard InChI is InChI=1S/C22H19N3O2S/c1-14(16-5-3-7-18(13-16)27-2)24-22-25-21(26)20(28-22)12-15-8-9-19-17(11-15)6-4-10-23-19/h3-14H,1-2H3,(H,24,25,26). The molecule has 5 nitrogen and oxygen atoms in total. The van der Waals surface area contributed by atoms with Crippen LogP contribution >= 0.6 is 11.8 Å². The molecule has 1 fully saturated rings. The van der Waals surface area contributed by atoms with Crippen LogP contribution in [0.2, 0.25) is 0 Å². The van der Waals surface area contributed by atoms with E-state index in [-0.39, 0.29) is 11.9 Å². The molecule has 6 heteroatoms. The van der Waals surface area contributed by atoms with Gasteiger partial charge in [0.05, 0.1) is 23.6 Å². The Morgan fingerprint density at radius 3 is 2.93 bits per heavy atom. The van der Waals surface area contributed by atoms with Crippen molar-refractivity contribution in [3.8, 4) is 5.75 Å². The van der Waals surface area contributed by atoms with E-state index in [9.17, 15) is 4.79 Å². The maximum absolute atomic E-state index is 12.4. The molecule has 1 amide bonds. The van der Waals surface area contributed by atoms with E-state index in [1.807, 2.05) is 67.6 Å². The van der Waals surface area contributed by atoms with Crippen LogP contribution in [0.3, 0.4) is 0 Å². The molecule has 0 radical (unpaired) electrons. The summed E-state index contributed by atoms with van der Waals surface area (Å²) < 4.78 is 5.27. The van der Waals surface area contributed by atoms with E-state index in [4.69, 9.17) is 4.74 Å². The lowest BCUT2D eigenvalue weighted by Crippen LogP contribution is -2.20. The number of amides is 1. The Balaban J connectivity index is 1.55. The lowest BCUT2D eigenvalue weighted by molar-refractivity contribution is -0.115. The number of carbonyl (C=O) groups excluding carboxylic acids is 1. The number of carbonyl (C=O) groups is 1. The number of aromatic nitrogens is 1. The molecule has 0 saturated carbocycles. The highest BCUT2D eigenvalue weighted by atomic mass is 32.2. The second kappa shape index (κ2) is 7.86. The van der Waals surface area contributed by atoms with Gasteiger partial charge >= 0.3 is 0 Å². The Morgan fingerprint density at radius 2 is 2.07 bits per heavy atom. The summed E-state index contributed by atoms with van der Waals surface area (Å²) in [6.07, 6.45) is 3.65. The molecule has 0 bridgehead atoms. The second-order valence-corrected chi connectivity index (χ2v) is 7.44. The topological polar surface area (TPSA) is 63.6 Å². The Bertz CT molecular complexity index is 1110. The molecule has 1 unspecified atom stereocenters. The highest BCUT2D eigenvalue weighted by molar-refractivity contribution is 8.18. The van der Waals surface area contributed by atoms with Crippen molar-refractivity contribution in [1.29, 1.82) is 0 Å². The number of nitrogens with zero attached hydrogens (tertiary/aromatic N) is 2. The zero-order valence-electron chi connectivity index (χ0n) is 15.5. The molecule has 4 rings (SSSR count). The Hall–Kier alpha value is -3.12. The van der Waals surface area contributed by atoms with Crippen LogP contribution in [0.25, 0.3) is 17.0 Å². The van der Waals surface area contributed by atoms with Gasteiger partial charge in [0, 0.05) is 11.6 Å². The molecule has 1 aliphatic heterocycles. The van der Waals surface area contributed by atoms with E-state index in [1.54, 1.807) is 13.3 Å². The van der Waals surface area contributed by atoms with Crippen molar-refractivity contribution in [2.24, 2.45) is 4.99 Å². The number of hydrogen-bond acceptors (Lipinski definition) is 5. The van der Waals surface area contributed by atoms with Gasteiger partial charge in [-0.25, -0.2) is 0 Å². The normalized spacial score (nSPS) is 17.9. The van der Waals surface area contributed by atoms with Gasteiger partial charge in [0.15, 0.2) is 5.17 Å². The van der Waals surface area contributed by atoms with E-state index in [1.165, 1.54) is 11.8 Å². The van der Waals surface area contributed by atoms with Gasteiger partial charge in [0.2, 0.25) is 0 Å². The van der Waals surface area contributed by atoms with Crippen molar-refractivity contribution in [2.45, 2.75) is 13.0 Å². The molecule has 28 heavy (non-hydrogen) atoms. The highest BCUT2D eigenvalue weighted by Gasteiger charge is 2.24. The summed E-state index contributed by atoms with van der Waals surface area (Å²) >= 11 is 1.36. The van der Waals surface area contributed by atoms with Crippen molar-refractivity contribution < 1.29 is 9.53 Å².